The Morgan fingerprint density at radius 3 is 1.88 bits per heavy atom. The minimum absolute atomic E-state index is 0.320. The van der Waals surface area contributed by atoms with E-state index >= 15 is 0 Å². The van der Waals surface area contributed by atoms with E-state index < -0.39 is 0 Å². The average Bonchev–Trinajstić information content (AvgIpc) is 2.69. The fourth-order valence-electron chi connectivity index (χ4n) is 3.11. The summed E-state index contributed by atoms with van der Waals surface area (Å²) in [7, 11) is 0. The molecular weight excluding hydrogens is 198 g/mol. The van der Waals surface area contributed by atoms with Gasteiger partial charge in [0.2, 0.25) is 5.91 Å². The number of hydrogen-bond acceptors (Lipinski definition) is 1. The smallest absolute Gasteiger partial charge is 0.223 e. The highest BCUT2D eigenvalue weighted by Gasteiger charge is 2.23. The van der Waals surface area contributed by atoms with Gasteiger partial charge < -0.3 is 5.32 Å². The first kappa shape index (κ1) is 11.9. The maximum atomic E-state index is 12.1. The van der Waals surface area contributed by atoms with Gasteiger partial charge in [-0.15, -0.1) is 0 Å². The van der Waals surface area contributed by atoms with Gasteiger partial charge >= 0.3 is 0 Å². The summed E-state index contributed by atoms with van der Waals surface area (Å²) in [5.41, 5.74) is 0. The van der Waals surface area contributed by atoms with Crippen molar-refractivity contribution in [3.8, 4) is 0 Å². The first-order valence-corrected chi connectivity index (χ1v) is 7.16. The Morgan fingerprint density at radius 1 is 0.750 bits per heavy atom. The molecule has 2 aliphatic rings. The van der Waals surface area contributed by atoms with Crippen LogP contribution in [0.4, 0.5) is 0 Å². The van der Waals surface area contributed by atoms with Gasteiger partial charge in [0.15, 0.2) is 0 Å². The Hall–Kier alpha value is -0.530. The molecule has 0 aromatic rings. The van der Waals surface area contributed by atoms with E-state index in [-0.39, 0.29) is 0 Å². The summed E-state index contributed by atoms with van der Waals surface area (Å²) in [4.78, 5) is 12.1. The number of carbonyl (C=O) groups is 1. The molecule has 2 nitrogen and oxygen atoms in total. The molecule has 0 aromatic carbocycles. The van der Waals surface area contributed by atoms with Crippen LogP contribution < -0.4 is 5.32 Å². The molecule has 0 aliphatic heterocycles. The molecule has 0 atom stereocenters. The molecule has 0 bridgehead atoms. The van der Waals surface area contributed by atoms with E-state index in [1.54, 1.807) is 0 Å². The lowest BCUT2D eigenvalue weighted by Gasteiger charge is -2.21. The molecule has 0 spiro atoms. The van der Waals surface area contributed by atoms with Gasteiger partial charge in [0, 0.05) is 12.0 Å². The zero-order chi connectivity index (χ0) is 11.2. The Morgan fingerprint density at radius 2 is 1.25 bits per heavy atom. The Bertz CT molecular complexity index is 213. The highest BCUT2D eigenvalue weighted by molar-refractivity contribution is 5.78. The van der Waals surface area contributed by atoms with E-state index in [4.69, 9.17) is 0 Å². The second-order valence-corrected chi connectivity index (χ2v) is 5.53. The highest BCUT2D eigenvalue weighted by atomic mass is 16.1. The Kier molecular flexibility index (Phi) is 4.68. The summed E-state index contributed by atoms with van der Waals surface area (Å²) in [6.45, 7) is 0. The van der Waals surface area contributed by atoms with E-state index in [0.717, 1.165) is 12.8 Å². The van der Waals surface area contributed by atoms with Crippen LogP contribution in [0.2, 0.25) is 0 Å². The molecule has 2 rings (SSSR count). The molecule has 0 aromatic heterocycles. The molecule has 0 unspecified atom stereocenters. The second-order valence-electron chi connectivity index (χ2n) is 5.53. The monoisotopic (exact) mass is 223 g/mol. The molecule has 0 radical (unpaired) electrons. The van der Waals surface area contributed by atoms with Crippen molar-refractivity contribution in [1.82, 2.24) is 5.32 Å². The Balaban J connectivity index is 1.76. The number of amides is 1. The molecule has 0 saturated heterocycles. The molecule has 16 heavy (non-hydrogen) atoms. The van der Waals surface area contributed by atoms with Crippen LogP contribution in [-0.2, 0) is 4.79 Å². The second kappa shape index (κ2) is 6.27. The van der Waals surface area contributed by atoms with E-state index in [1.807, 2.05) is 0 Å². The van der Waals surface area contributed by atoms with Gasteiger partial charge in [-0.3, -0.25) is 4.79 Å². The molecule has 2 fully saturated rings. The van der Waals surface area contributed by atoms with E-state index in [9.17, 15) is 4.79 Å². The van der Waals surface area contributed by atoms with E-state index in [1.165, 1.54) is 57.8 Å². The highest BCUT2D eigenvalue weighted by Crippen LogP contribution is 2.24. The summed E-state index contributed by atoms with van der Waals surface area (Å²) in [6.07, 6.45) is 13.8. The summed E-state index contributed by atoms with van der Waals surface area (Å²) in [5, 5.41) is 3.26. The minimum Gasteiger partial charge on any atom is -0.353 e. The van der Waals surface area contributed by atoms with Crippen LogP contribution in [0.15, 0.2) is 0 Å². The van der Waals surface area contributed by atoms with Crippen molar-refractivity contribution in [1.29, 1.82) is 0 Å². The molecule has 92 valence electrons. The third kappa shape index (κ3) is 3.50. The standard InChI is InChI=1S/C14H25NO/c16-14(15-13-10-6-7-11-13)12-8-4-2-1-3-5-9-12/h12-13H,1-11H2,(H,15,16). The van der Waals surface area contributed by atoms with Crippen LogP contribution in [0.3, 0.4) is 0 Å². The summed E-state index contributed by atoms with van der Waals surface area (Å²) < 4.78 is 0. The van der Waals surface area contributed by atoms with Crippen LogP contribution in [0.5, 0.6) is 0 Å². The largest absolute Gasteiger partial charge is 0.353 e. The van der Waals surface area contributed by atoms with Gasteiger partial charge in [0.1, 0.15) is 0 Å². The van der Waals surface area contributed by atoms with Gasteiger partial charge in [-0.2, -0.15) is 0 Å². The van der Waals surface area contributed by atoms with Crippen LogP contribution >= 0.6 is 0 Å². The summed E-state index contributed by atoms with van der Waals surface area (Å²) in [5.74, 6) is 0.676. The lowest BCUT2D eigenvalue weighted by atomic mass is 9.90. The number of nitrogens with one attached hydrogen (secondary N) is 1. The van der Waals surface area contributed by atoms with Crippen molar-refractivity contribution in [3.05, 3.63) is 0 Å². The number of rotatable bonds is 2. The quantitative estimate of drug-likeness (QED) is 0.763. The van der Waals surface area contributed by atoms with Crippen molar-refractivity contribution in [2.24, 2.45) is 5.92 Å². The predicted molar refractivity (Wildman–Crippen MR) is 66.2 cm³/mol. The molecule has 0 heterocycles. The van der Waals surface area contributed by atoms with E-state index in [2.05, 4.69) is 5.32 Å². The third-order valence-corrected chi connectivity index (χ3v) is 4.18. The first-order valence-electron chi connectivity index (χ1n) is 7.16. The van der Waals surface area contributed by atoms with Gasteiger partial charge in [-0.25, -0.2) is 0 Å². The number of carbonyl (C=O) groups excluding carboxylic acids is 1. The third-order valence-electron chi connectivity index (χ3n) is 4.18. The van der Waals surface area contributed by atoms with Crippen molar-refractivity contribution < 1.29 is 4.79 Å². The molecule has 2 saturated carbocycles. The van der Waals surface area contributed by atoms with Crippen LogP contribution in [0.1, 0.15) is 70.6 Å². The van der Waals surface area contributed by atoms with Gasteiger partial charge in [-0.05, 0) is 25.7 Å². The summed E-state index contributed by atoms with van der Waals surface area (Å²) >= 11 is 0. The first-order chi connectivity index (χ1) is 7.86. The molecule has 1 amide bonds. The van der Waals surface area contributed by atoms with Gasteiger partial charge in [-0.1, -0.05) is 44.9 Å². The minimum atomic E-state index is 0.320. The van der Waals surface area contributed by atoms with Gasteiger partial charge in [0.25, 0.3) is 0 Å². The molecular formula is C14H25NO. The fourth-order valence-corrected chi connectivity index (χ4v) is 3.11. The topological polar surface area (TPSA) is 29.1 Å². The van der Waals surface area contributed by atoms with Crippen molar-refractivity contribution in [2.75, 3.05) is 0 Å². The summed E-state index contributed by atoms with van der Waals surface area (Å²) in [6, 6.07) is 0.498. The van der Waals surface area contributed by atoms with Crippen molar-refractivity contribution in [2.45, 2.75) is 76.7 Å². The zero-order valence-corrected chi connectivity index (χ0v) is 10.3. The molecule has 1 N–H and O–H groups in total. The molecule has 2 aliphatic carbocycles. The fraction of sp³-hybridized carbons (Fsp3) is 0.929. The number of hydrogen-bond donors (Lipinski definition) is 1. The lowest BCUT2D eigenvalue weighted by molar-refractivity contribution is -0.126. The maximum Gasteiger partial charge on any atom is 0.223 e. The van der Waals surface area contributed by atoms with Crippen molar-refractivity contribution in [3.63, 3.8) is 0 Å². The Labute approximate surface area is 99.2 Å². The predicted octanol–water partition coefficient (Wildman–Crippen LogP) is 3.41. The van der Waals surface area contributed by atoms with Gasteiger partial charge in [0.05, 0.1) is 0 Å². The van der Waals surface area contributed by atoms with E-state index in [0.29, 0.717) is 17.9 Å². The van der Waals surface area contributed by atoms with Crippen LogP contribution in [0.25, 0.3) is 0 Å². The zero-order valence-electron chi connectivity index (χ0n) is 10.3. The SMILES string of the molecule is O=C(NC1CCCC1)C1CCCCCCC1. The average molecular weight is 223 g/mol. The van der Waals surface area contributed by atoms with Crippen LogP contribution in [0, 0.1) is 5.92 Å². The van der Waals surface area contributed by atoms with Crippen LogP contribution in [-0.4, -0.2) is 11.9 Å². The normalized spacial score (nSPS) is 25.0. The lowest BCUT2D eigenvalue weighted by Crippen LogP contribution is -2.37. The maximum absolute atomic E-state index is 12.1. The van der Waals surface area contributed by atoms with Crippen molar-refractivity contribution >= 4 is 5.91 Å². The molecule has 2 heteroatoms.